The van der Waals surface area contributed by atoms with Crippen molar-refractivity contribution in [2.24, 2.45) is 10.9 Å². The van der Waals surface area contributed by atoms with E-state index in [0.717, 1.165) is 32.2 Å². The van der Waals surface area contributed by atoms with E-state index < -0.39 is 15.7 Å². The number of nitrogens with one attached hydrogen (secondary N) is 1. The molecule has 1 aromatic rings. The van der Waals surface area contributed by atoms with Crippen LogP contribution < -0.4 is 5.32 Å². The van der Waals surface area contributed by atoms with Crippen LogP contribution in [0.2, 0.25) is 0 Å². The van der Waals surface area contributed by atoms with E-state index >= 15 is 0 Å². The third-order valence-electron chi connectivity index (χ3n) is 4.05. The number of aliphatic imine (C=N–C) groups is 1. The van der Waals surface area contributed by atoms with Crippen molar-refractivity contribution in [1.29, 1.82) is 0 Å². The van der Waals surface area contributed by atoms with E-state index in [-0.39, 0.29) is 17.2 Å². The standard InChI is InChI=1S/C17H26FN3O3S/c1-3-19-17(21(2)12-14-8-10-24-13-14)20-9-11-25(22,23)16-7-5-4-6-15(16)18/h4-7,14H,3,8-13H2,1-2H3,(H,19,20). The first-order valence-electron chi connectivity index (χ1n) is 8.48. The number of sulfone groups is 1. The van der Waals surface area contributed by atoms with Crippen LogP contribution in [0, 0.1) is 11.7 Å². The van der Waals surface area contributed by atoms with E-state index in [1.807, 2.05) is 18.9 Å². The Morgan fingerprint density at radius 3 is 2.84 bits per heavy atom. The molecular formula is C17H26FN3O3S. The molecule has 0 aliphatic carbocycles. The largest absolute Gasteiger partial charge is 0.381 e. The number of benzene rings is 1. The molecule has 1 aliphatic rings. The highest BCUT2D eigenvalue weighted by molar-refractivity contribution is 7.91. The van der Waals surface area contributed by atoms with Gasteiger partial charge in [-0.25, -0.2) is 12.8 Å². The molecule has 6 nitrogen and oxygen atoms in total. The topological polar surface area (TPSA) is 71.0 Å². The van der Waals surface area contributed by atoms with E-state index in [1.54, 1.807) is 0 Å². The molecule has 1 heterocycles. The lowest BCUT2D eigenvalue weighted by molar-refractivity contribution is 0.181. The van der Waals surface area contributed by atoms with Crippen molar-refractivity contribution in [3.63, 3.8) is 0 Å². The Morgan fingerprint density at radius 1 is 1.44 bits per heavy atom. The molecule has 1 unspecified atom stereocenters. The Balaban J connectivity index is 1.99. The SMILES string of the molecule is CCNC(=NCCS(=O)(=O)c1ccccc1F)N(C)CC1CCOC1. The van der Waals surface area contributed by atoms with Crippen LogP contribution in [0.1, 0.15) is 13.3 Å². The molecule has 0 radical (unpaired) electrons. The molecule has 0 saturated carbocycles. The van der Waals surface area contributed by atoms with Gasteiger partial charge in [-0.05, 0) is 25.5 Å². The maximum atomic E-state index is 13.7. The van der Waals surface area contributed by atoms with Crippen LogP contribution >= 0.6 is 0 Å². The summed E-state index contributed by atoms with van der Waals surface area (Å²) in [6.45, 7) is 5.04. The molecule has 8 heteroatoms. The maximum absolute atomic E-state index is 13.7. The summed E-state index contributed by atoms with van der Waals surface area (Å²) < 4.78 is 43.6. The second-order valence-corrected chi connectivity index (χ2v) is 8.17. The fourth-order valence-corrected chi connectivity index (χ4v) is 3.95. The highest BCUT2D eigenvalue weighted by Crippen LogP contribution is 2.15. The quantitative estimate of drug-likeness (QED) is 0.581. The first kappa shape index (κ1) is 19.7. The Kier molecular flexibility index (Phi) is 7.19. The van der Waals surface area contributed by atoms with E-state index in [9.17, 15) is 12.8 Å². The minimum atomic E-state index is -3.70. The summed E-state index contributed by atoms with van der Waals surface area (Å²) in [6.07, 6.45) is 1.02. The number of nitrogens with zero attached hydrogens (tertiary/aromatic N) is 2. The van der Waals surface area contributed by atoms with Gasteiger partial charge >= 0.3 is 0 Å². The highest BCUT2D eigenvalue weighted by Gasteiger charge is 2.20. The predicted octanol–water partition coefficient (Wildman–Crippen LogP) is 1.53. The van der Waals surface area contributed by atoms with E-state index in [0.29, 0.717) is 18.4 Å². The van der Waals surface area contributed by atoms with Gasteiger partial charge in [0.15, 0.2) is 15.8 Å². The fourth-order valence-electron chi connectivity index (χ4n) is 2.75. The van der Waals surface area contributed by atoms with Gasteiger partial charge in [-0.3, -0.25) is 4.99 Å². The first-order chi connectivity index (χ1) is 11.9. The van der Waals surface area contributed by atoms with Crippen molar-refractivity contribution >= 4 is 15.8 Å². The molecular weight excluding hydrogens is 345 g/mol. The minimum Gasteiger partial charge on any atom is -0.381 e. The molecule has 1 atom stereocenters. The number of ether oxygens (including phenoxy) is 1. The van der Waals surface area contributed by atoms with E-state index in [1.165, 1.54) is 18.2 Å². The van der Waals surface area contributed by atoms with Crippen LogP contribution in [0.15, 0.2) is 34.2 Å². The van der Waals surface area contributed by atoms with E-state index in [4.69, 9.17) is 4.74 Å². The van der Waals surface area contributed by atoms with Crippen LogP contribution in [-0.4, -0.2) is 64.9 Å². The van der Waals surface area contributed by atoms with Crippen LogP contribution in [0.4, 0.5) is 4.39 Å². The minimum absolute atomic E-state index is 0.0739. The summed E-state index contributed by atoms with van der Waals surface area (Å²) in [5.41, 5.74) is 0. The molecule has 0 spiro atoms. The Bertz CT molecular complexity index is 688. The molecule has 140 valence electrons. The molecule has 1 aromatic carbocycles. The summed E-state index contributed by atoms with van der Waals surface area (Å²) in [6, 6.07) is 5.42. The second-order valence-electron chi connectivity index (χ2n) is 6.10. The van der Waals surface area contributed by atoms with Gasteiger partial charge in [0.1, 0.15) is 10.7 Å². The first-order valence-corrected chi connectivity index (χ1v) is 10.1. The number of guanidine groups is 1. The van der Waals surface area contributed by atoms with Crippen LogP contribution in [0.3, 0.4) is 0 Å². The second kappa shape index (κ2) is 9.15. The Hall–Kier alpha value is -1.67. The Labute approximate surface area is 149 Å². The van der Waals surface area contributed by atoms with Gasteiger partial charge in [-0.15, -0.1) is 0 Å². The molecule has 1 N–H and O–H groups in total. The number of hydrogen-bond donors (Lipinski definition) is 1. The van der Waals surface area contributed by atoms with Gasteiger partial charge < -0.3 is 15.0 Å². The molecule has 0 amide bonds. The third-order valence-corrected chi connectivity index (χ3v) is 5.77. The zero-order valence-electron chi connectivity index (χ0n) is 14.7. The summed E-state index contributed by atoms with van der Waals surface area (Å²) in [4.78, 5) is 6.10. The summed E-state index contributed by atoms with van der Waals surface area (Å²) in [7, 11) is -1.78. The molecule has 0 aromatic heterocycles. The molecule has 2 rings (SSSR count). The van der Waals surface area contributed by atoms with Gasteiger partial charge in [-0.2, -0.15) is 0 Å². The highest BCUT2D eigenvalue weighted by atomic mass is 32.2. The Morgan fingerprint density at radius 2 is 2.20 bits per heavy atom. The van der Waals surface area contributed by atoms with Crippen molar-refractivity contribution in [3.05, 3.63) is 30.1 Å². The normalized spacial score (nSPS) is 18.4. The van der Waals surface area contributed by atoms with Crippen LogP contribution in [0.5, 0.6) is 0 Å². The van der Waals surface area contributed by atoms with Crippen molar-refractivity contribution in [1.82, 2.24) is 10.2 Å². The zero-order valence-corrected chi connectivity index (χ0v) is 15.6. The number of hydrogen-bond acceptors (Lipinski definition) is 4. The molecule has 1 aliphatic heterocycles. The van der Waals surface area contributed by atoms with Crippen molar-refractivity contribution < 1.29 is 17.5 Å². The smallest absolute Gasteiger partial charge is 0.193 e. The maximum Gasteiger partial charge on any atom is 0.193 e. The van der Waals surface area contributed by atoms with Crippen LogP contribution in [-0.2, 0) is 14.6 Å². The number of halogens is 1. The lowest BCUT2D eigenvalue weighted by Crippen LogP contribution is -2.41. The van der Waals surface area contributed by atoms with Gasteiger partial charge in [0.25, 0.3) is 0 Å². The zero-order chi connectivity index (χ0) is 18.3. The fraction of sp³-hybridized carbons (Fsp3) is 0.588. The van der Waals surface area contributed by atoms with Crippen molar-refractivity contribution in [3.8, 4) is 0 Å². The summed E-state index contributed by atoms with van der Waals surface area (Å²) in [5, 5.41) is 3.16. The average molecular weight is 371 g/mol. The van der Waals surface area contributed by atoms with E-state index in [2.05, 4.69) is 10.3 Å². The lowest BCUT2D eigenvalue weighted by Gasteiger charge is -2.24. The number of rotatable bonds is 7. The predicted molar refractivity (Wildman–Crippen MR) is 96.0 cm³/mol. The molecule has 1 saturated heterocycles. The van der Waals surface area contributed by atoms with Gasteiger partial charge in [0.05, 0.1) is 18.9 Å². The van der Waals surface area contributed by atoms with Crippen molar-refractivity contribution in [2.75, 3.05) is 45.6 Å². The molecule has 1 fully saturated rings. The molecule has 0 bridgehead atoms. The van der Waals surface area contributed by atoms with Crippen molar-refractivity contribution in [2.45, 2.75) is 18.2 Å². The van der Waals surface area contributed by atoms with Gasteiger partial charge in [0, 0.05) is 32.7 Å². The molecule has 25 heavy (non-hydrogen) atoms. The average Bonchev–Trinajstić information content (AvgIpc) is 3.07. The summed E-state index contributed by atoms with van der Waals surface area (Å²) >= 11 is 0. The van der Waals surface area contributed by atoms with Gasteiger partial charge in [-0.1, -0.05) is 12.1 Å². The monoisotopic (exact) mass is 371 g/mol. The van der Waals surface area contributed by atoms with Crippen LogP contribution in [0.25, 0.3) is 0 Å². The lowest BCUT2D eigenvalue weighted by atomic mass is 10.1. The third kappa shape index (κ3) is 5.67. The summed E-state index contributed by atoms with van der Waals surface area (Å²) in [5.74, 6) is 0.148. The van der Waals surface area contributed by atoms with Gasteiger partial charge in [0.2, 0.25) is 0 Å².